The van der Waals surface area contributed by atoms with Crippen molar-refractivity contribution in [1.82, 2.24) is 15.2 Å². The second-order valence-corrected chi connectivity index (χ2v) is 5.90. The van der Waals surface area contributed by atoms with Gasteiger partial charge in [0.1, 0.15) is 5.82 Å². The van der Waals surface area contributed by atoms with E-state index in [1.54, 1.807) is 0 Å². The molecular formula is C16H26N4. The lowest BCUT2D eigenvalue weighted by molar-refractivity contribution is 0.133. The number of piperazine rings is 1. The fourth-order valence-electron chi connectivity index (χ4n) is 3.36. The maximum Gasteiger partial charge on any atom is 0.128 e. The van der Waals surface area contributed by atoms with Gasteiger partial charge in [0.25, 0.3) is 0 Å². The van der Waals surface area contributed by atoms with Gasteiger partial charge in [0.15, 0.2) is 0 Å². The highest BCUT2D eigenvalue weighted by Gasteiger charge is 2.29. The first-order chi connectivity index (χ1) is 9.86. The topological polar surface area (TPSA) is 31.4 Å². The van der Waals surface area contributed by atoms with Crippen molar-refractivity contribution >= 4 is 5.82 Å². The highest BCUT2D eigenvalue weighted by Crippen LogP contribution is 2.24. The minimum Gasteiger partial charge on any atom is -0.354 e. The predicted octanol–water partition coefficient (Wildman–Crippen LogP) is 1.87. The summed E-state index contributed by atoms with van der Waals surface area (Å²) in [6.45, 7) is 8.76. The molecule has 1 aromatic heterocycles. The third-order valence-electron chi connectivity index (χ3n) is 4.51. The molecule has 0 bridgehead atoms. The molecule has 2 saturated heterocycles. The summed E-state index contributed by atoms with van der Waals surface area (Å²) in [6, 6.07) is 7.16. The summed E-state index contributed by atoms with van der Waals surface area (Å²) in [6.07, 6.45) is 4.13. The molecule has 1 atom stereocenters. The number of rotatable bonds is 4. The molecular weight excluding hydrogens is 248 g/mol. The summed E-state index contributed by atoms with van der Waals surface area (Å²) in [7, 11) is 0. The highest BCUT2D eigenvalue weighted by atomic mass is 15.3. The Morgan fingerprint density at radius 2 is 2.20 bits per heavy atom. The van der Waals surface area contributed by atoms with E-state index >= 15 is 0 Å². The SMILES string of the molecule is CCNCc1cccc(N2CCN3CCCCC3C2)n1. The number of fused-ring (bicyclic) bond motifs is 1. The van der Waals surface area contributed by atoms with Gasteiger partial charge in [-0.3, -0.25) is 4.90 Å². The molecule has 2 aliphatic heterocycles. The second-order valence-electron chi connectivity index (χ2n) is 5.90. The molecule has 0 aromatic carbocycles. The molecule has 1 N–H and O–H groups in total. The van der Waals surface area contributed by atoms with Crippen molar-refractivity contribution in [2.24, 2.45) is 0 Å². The van der Waals surface area contributed by atoms with Crippen LogP contribution in [0.1, 0.15) is 31.9 Å². The van der Waals surface area contributed by atoms with Gasteiger partial charge in [-0.05, 0) is 38.1 Å². The first-order valence-electron chi connectivity index (χ1n) is 8.02. The van der Waals surface area contributed by atoms with Gasteiger partial charge in [-0.1, -0.05) is 19.4 Å². The molecule has 0 spiro atoms. The van der Waals surface area contributed by atoms with Crippen LogP contribution >= 0.6 is 0 Å². The van der Waals surface area contributed by atoms with Gasteiger partial charge >= 0.3 is 0 Å². The zero-order valence-corrected chi connectivity index (χ0v) is 12.5. The molecule has 0 radical (unpaired) electrons. The molecule has 1 aromatic rings. The average molecular weight is 274 g/mol. The number of hydrogen-bond acceptors (Lipinski definition) is 4. The number of nitrogens with one attached hydrogen (secondary N) is 1. The Bertz CT molecular complexity index is 434. The first kappa shape index (κ1) is 13.8. The largest absolute Gasteiger partial charge is 0.354 e. The van der Waals surface area contributed by atoms with Crippen molar-refractivity contribution in [3.05, 3.63) is 23.9 Å². The first-order valence-corrected chi connectivity index (χ1v) is 8.02. The van der Waals surface area contributed by atoms with E-state index in [0.717, 1.165) is 43.7 Å². The Labute approximate surface area is 122 Å². The van der Waals surface area contributed by atoms with Crippen molar-refractivity contribution in [2.75, 3.05) is 37.6 Å². The van der Waals surface area contributed by atoms with Crippen molar-refractivity contribution in [3.63, 3.8) is 0 Å². The zero-order chi connectivity index (χ0) is 13.8. The lowest BCUT2D eigenvalue weighted by Gasteiger charge is -2.44. The summed E-state index contributed by atoms with van der Waals surface area (Å²) in [5.74, 6) is 1.16. The molecule has 2 aliphatic rings. The van der Waals surface area contributed by atoms with Gasteiger partial charge in [0.05, 0.1) is 5.69 Å². The standard InChI is InChI=1S/C16H26N4/c1-2-17-12-14-6-5-8-16(18-14)20-11-10-19-9-4-3-7-15(19)13-20/h5-6,8,15,17H,2-4,7,9-13H2,1H3. The number of piperidine rings is 1. The maximum absolute atomic E-state index is 4.82. The van der Waals surface area contributed by atoms with Gasteiger partial charge in [0.2, 0.25) is 0 Å². The van der Waals surface area contributed by atoms with Crippen LogP contribution in [-0.4, -0.2) is 48.6 Å². The zero-order valence-electron chi connectivity index (χ0n) is 12.5. The summed E-state index contributed by atoms with van der Waals surface area (Å²) >= 11 is 0. The normalized spacial score (nSPS) is 23.6. The van der Waals surface area contributed by atoms with Crippen LogP contribution in [0.2, 0.25) is 0 Å². The van der Waals surface area contributed by atoms with Crippen LogP contribution in [0.15, 0.2) is 18.2 Å². The second kappa shape index (κ2) is 6.55. The minimum atomic E-state index is 0.747. The van der Waals surface area contributed by atoms with Crippen LogP contribution in [0.25, 0.3) is 0 Å². The third-order valence-corrected chi connectivity index (χ3v) is 4.51. The quantitative estimate of drug-likeness (QED) is 0.908. The Balaban J connectivity index is 1.66. The summed E-state index contributed by atoms with van der Waals surface area (Å²) < 4.78 is 0. The van der Waals surface area contributed by atoms with E-state index in [1.165, 1.54) is 32.4 Å². The van der Waals surface area contributed by atoms with Crippen LogP contribution in [0.3, 0.4) is 0 Å². The monoisotopic (exact) mass is 274 g/mol. The summed E-state index contributed by atoms with van der Waals surface area (Å²) in [5, 5.41) is 3.35. The lowest BCUT2D eigenvalue weighted by atomic mass is 9.99. The van der Waals surface area contributed by atoms with Gasteiger partial charge in [-0.25, -0.2) is 4.98 Å². The molecule has 0 amide bonds. The molecule has 110 valence electrons. The molecule has 0 aliphatic carbocycles. The Morgan fingerprint density at radius 3 is 3.10 bits per heavy atom. The van der Waals surface area contributed by atoms with Gasteiger partial charge in [0, 0.05) is 32.2 Å². The van der Waals surface area contributed by atoms with Crippen molar-refractivity contribution in [3.8, 4) is 0 Å². The fraction of sp³-hybridized carbons (Fsp3) is 0.688. The third kappa shape index (κ3) is 3.13. The minimum absolute atomic E-state index is 0.747. The highest BCUT2D eigenvalue weighted by molar-refractivity contribution is 5.40. The molecule has 4 heteroatoms. The van der Waals surface area contributed by atoms with Gasteiger partial charge in [-0.2, -0.15) is 0 Å². The molecule has 3 heterocycles. The van der Waals surface area contributed by atoms with E-state index in [-0.39, 0.29) is 0 Å². The lowest BCUT2D eigenvalue weighted by Crippen LogP contribution is -2.55. The van der Waals surface area contributed by atoms with Crippen LogP contribution in [0.5, 0.6) is 0 Å². The average Bonchev–Trinajstić information content (AvgIpc) is 2.53. The maximum atomic E-state index is 4.82. The number of aromatic nitrogens is 1. The van der Waals surface area contributed by atoms with E-state index in [9.17, 15) is 0 Å². The molecule has 3 rings (SSSR count). The Morgan fingerprint density at radius 1 is 1.25 bits per heavy atom. The smallest absolute Gasteiger partial charge is 0.128 e. The van der Waals surface area contributed by atoms with Crippen LogP contribution in [-0.2, 0) is 6.54 Å². The molecule has 20 heavy (non-hydrogen) atoms. The van der Waals surface area contributed by atoms with Crippen molar-refractivity contribution < 1.29 is 0 Å². The Hall–Kier alpha value is -1.13. The molecule has 4 nitrogen and oxygen atoms in total. The number of nitrogens with zero attached hydrogens (tertiary/aromatic N) is 3. The molecule has 0 saturated carbocycles. The fourth-order valence-corrected chi connectivity index (χ4v) is 3.36. The van der Waals surface area contributed by atoms with Crippen molar-refractivity contribution in [1.29, 1.82) is 0 Å². The van der Waals surface area contributed by atoms with Crippen molar-refractivity contribution in [2.45, 2.75) is 38.8 Å². The van der Waals surface area contributed by atoms with Crippen LogP contribution < -0.4 is 10.2 Å². The molecule has 1 unspecified atom stereocenters. The van der Waals surface area contributed by atoms with Crippen LogP contribution in [0.4, 0.5) is 5.82 Å². The Kier molecular flexibility index (Phi) is 4.53. The number of pyridine rings is 1. The summed E-state index contributed by atoms with van der Waals surface area (Å²) in [4.78, 5) is 9.96. The van der Waals surface area contributed by atoms with Crippen LogP contribution in [0, 0.1) is 0 Å². The number of hydrogen-bond donors (Lipinski definition) is 1. The molecule has 2 fully saturated rings. The number of anilines is 1. The summed E-state index contributed by atoms with van der Waals surface area (Å²) in [5.41, 5.74) is 1.15. The van der Waals surface area contributed by atoms with Gasteiger partial charge < -0.3 is 10.2 Å². The van der Waals surface area contributed by atoms with Gasteiger partial charge in [-0.15, -0.1) is 0 Å². The predicted molar refractivity (Wildman–Crippen MR) is 83.0 cm³/mol. The van der Waals surface area contributed by atoms with E-state index < -0.39 is 0 Å². The van der Waals surface area contributed by atoms with E-state index in [0.29, 0.717) is 0 Å². The van der Waals surface area contributed by atoms with E-state index in [4.69, 9.17) is 4.98 Å². The van der Waals surface area contributed by atoms with E-state index in [1.807, 2.05) is 0 Å². The van der Waals surface area contributed by atoms with E-state index in [2.05, 4.69) is 40.2 Å².